The lowest BCUT2D eigenvalue weighted by molar-refractivity contribution is -0.138. The standard InChI is InChI=1S/C20H32O2/c1-3-5-6-7-8-9-10-11-12-13-14-15-16-17-18-19-20(21)22-4-2/h4-6,8-9,11-12H,2-3,7,10,13-19H2,1H3. The molecule has 0 unspecified atom stereocenters. The van der Waals surface area contributed by atoms with Crippen LogP contribution in [0.5, 0.6) is 0 Å². The molecule has 0 aromatic rings. The van der Waals surface area contributed by atoms with Crippen LogP contribution >= 0.6 is 0 Å². The normalized spacial score (nSPS) is 11.7. The highest BCUT2D eigenvalue weighted by atomic mass is 16.5. The van der Waals surface area contributed by atoms with Crippen molar-refractivity contribution in [1.29, 1.82) is 0 Å². The van der Waals surface area contributed by atoms with Crippen molar-refractivity contribution in [2.45, 2.75) is 71.1 Å². The number of rotatable bonds is 14. The van der Waals surface area contributed by atoms with E-state index in [1.54, 1.807) is 0 Å². The fourth-order valence-electron chi connectivity index (χ4n) is 2.04. The Kier molecular flexibility index (Phi) is 16.2. The van der Waals surface area contributed by atoms with Crippen LogP contribution in [0.4, 0.5) is 0 Å². The van der Waals surface area contributed by atoms with Crippen molar-refractivity contribution in [3.05, 3.63) is 49.3 Å². The number of unbranched alkanes of at least 4 members (excludes halogenated alkanes) is 5. The Labute approximate surface area is 136 Å². The molecule has 0 atom stereocenters. The predicted octanol–water partition coefficient (Wildman–Crippen LogP) is 6.26. The van der Waals surface area contributed by atoms with Crippen molar-refractivity contribution < 1.29 is 9.53 Å². The van der Waals surface area contributed by atoms with E-state index in [2.05, 4.69) is 54.7 Å². The first-order valence-corrected chi connectivity index (χ1v) is 8.56. The van der Waals surface area contributed by atoms with Gasteiger partial charge in [0.05, 0.1) is 6.26 Å². The molecule has 0 aromatic carbocycles. The molecule has 0 aliphatic carbocycles. The van der Waals surface area contributed by atoms with Crippen molar-refractivity contribution >= 4 is 5.97 Å². The van der Waals surface area contributed by atoms with Crippen LogP contribution in [-0.4, -0.2) is 5.97 Å². The van der Waals surface area contributed by atoms with Crippen LogP contribution in [0.15, 0.2) is 49.3 Å². The first-order chi connectivity index (χ1) is 10.8. The predicted molar refractivity (Wildman–Crippen MR) is 95.6 cm³/mol. The molecule has 0 spiro atoms. The van der Waals surface area contributed by atoms with E-state index in [1.807, 2.05) is 0 Å². The van der Waals surface area contributed by atoms with Gasteiger partial charge in [-0.2, -0.15) is 0 Å². The van der Waals surface area contributed by atoms with Crippen LogP contribution < -0.4 is 0 Å². The second-order valence-electron chi connectivity index (χ2n) is 5.26. The van der Waals surface area contributed by atoms with Gasteiger partial charge in [0.1, 0.15) is 0 Å². The fourth-order valence-corrected chi connectivity index (χ4v) is 2.04. The van der Waals surface area contributed by atoms with E-state index in [4.69, 9.17) is 0 Å². The van der Waals surface area contributed by atoms with Gasteiger partial charge in [-0.05, 0) is 38.5 Å². The Hall–Kier alpha value is -1.57. The van der Waals surface area contributed by atoms with E-state index < -0.39 is 0 Å². The number of esters is 1. The summed E-state index contributed by atoms with van der Waals surface area (Å²) in [4.78, 5) is 11.1. The van der Waals surface area contributed by atoms with E-state index in [0.29, 0.717) is 6.42 Å². The summed E-state index contributed by atoms with van der Waals surface area (Å²) in [6.45, 7) is 5.52. The third kappa shape index (κ3) is 16.5. The lowest BCUT2D eigenvalue weighted by atomic mass is 10.1. The molecule has 0 saturated heterocycles. The monoisotopic (exact) mass is 304 g/mol. The summed E-state index contributed by atoms with van der Waals surface area (Å²) in [5.74, 6) is -0.170. The van der Waals surface area contributed by atoms with E-state index in [0.717, 1.165) is 38.5 Å². The van der Waals surface area contributed by atoms with Crippen molar-refractivity contribution in [3.63, 3.8) is 0 Å². The van der Waals surface area contributed by atoms with E-state index in [1.165, 1.54) is 25.5 Å². The van der Waals surface area contributed by atoms with Crippen molar-refractivity contribution in [2.24, 2.45) is 0 Å². The highest BCUT2D eigenvalue weighted by Crippen LogP contribution is 2.08. The van der Waals surface area contributed by atoms with Crippen LogP contribution in [0.1, 0.15) is 71.1 Å². The Morgan fingerprint density at radius 1 is 0.864 bits per heavy atom. The Balaban J connectivity index is 3.28. The molecule has 2 heteroatoms. The van der Waals surface area contributed by atoms with Crippen LogP contribution in [0.25, 0.3) is 0 Å². The second-order valence-corrected chi connectivity index (χ2v) is 5.26. The molecule has 0 saturated carbocycles. The maximum absolute atomic E-state index is 11.1. The Bertz CT molecular complexity index is 351. The zero-order chi connectivity index (χ0) is 16.3. The topological polar surface area (TPSA) is 26.3 Å². The molecule has 0 fully saturated rings. The summed E-state index contributed by atoms with van der Waals surface area (Å²) in [6, 6.07) is 0. The third-order valence-electron chi connectivity index (χ3n) is 3.25. The fraction of sp³-hybridized carbons (Fsp3) is 0.550. The number of allylic oxidation sites excluding steroid dienone is 6. The zero-order valence-electron chi connectivity index (χ0n) is 14.1. The summed E-state index contributed by atoms with van der Waals surface area (Å²) in [5, 5.41) is 0. The first-order valence-electron chi connectivity index (χ1n) is 8.56. The van der Waals surface area contributed by atoms with Crippen LogP contribution in [-0.2, 0) is 9.53 Å². The van der Waals surface area contributed by atoms with E-state index in [9.17, 15) is 4.79 Å². The molecule has 0 radical (unpaired) electrons. The molecule has 2 nitrogen and oxygen atoms in total. The van der Waals surface area contributed by atoms with Gasteiger partial charge >= 0.3 is 5.97 Å². The molecule has 0 heterocycles. The molecule has 124 valence electrons. The molecule has 0 amide bonds. The second kappa shape index (κ2) is 17.5. The maximum atomic E-state index is 11.1. The minimum Gasteiger partial charge on any atom is -0.435 e. The van der Waals surface area contributed by atoms with Gasteiger partial charge in [-0.15, -0.1) is 0 Å². The van der Waals surface area contributed by atoms with Gasteiger partial charge in [-0.3, -0.25) is 4.79 Å². The van der Waals surface area contributed by atoms with E-state index >= 15 is 0 Å². The lowest BCUT2D eigenvalue weighted by Gasteiger charge is -2.00. The van der Waals surface area contributed by atoms with Crippen molar-refractivity contribution in [3.8, 4) is 0 Å². The molecule has 0 N–H and O–H groups in total. The Morgan fingerprint density at radius 2 is 1.45 bits per heavy atom. The van der Waals surface area contributed by atoms with Crippen molar-refractivity contribution in [1.82, 2.24) is 0 Å². The summed E-state index contributed by atoms with van der Waals surface area (Å²) >= 11 is 0. The SMILES string of the molecule is C=COC(=O)CCCCCCCC=CCC=CCC=CCC. The quantitative estimate of drug-likeness (QED) is 0.164. The zero-order valence-corrected chi connectivity index (χ0v) is 14.1. The number of hydrogen-bond donors (Lipinski definition) is 0. The highest BCUT2D eigenvalue weighted by molar-refractivity contribution is 5.69. The van der Waals surface area contributed by atoms with Gasteiger partial charge in [0.15, 0.2) is 0 Å². The average molecular weight is 304 g/mol. The Morgan fingerprint density at radius 3 is 2.14 bits per heavy atom. The third-order valence-corrected chi connectivity index (χ3v) is 3.25. The van der Waals surface area contributed by atoms with Crippen LogP contribution in [0, 0.1) is 0 Å². The van der Waals surface area contributed by atoms with E-state index in [-0.39, 0.29) is 5.97 Å². The molecule has 0 aromatic heterocycles. The van der Waals surface area contributed by atoms with Gasteiger partial charge in [-0.25, -0.2) is 0 Å². The number of hydrogen-bond acceptors (Lipinski definition) is 2. The average Bonchev–Trinajstić information content (AvgIpc) is 2.51. The van der Waals surface area contributed by atoms with Crippen LogP contribution in [0.3, 0.4) is 0 Å². The number of ether oxygens (including phenoxy) is 1. The molecule has 0 rings (SSSR count). The van der Waals surface area contributed by atoms with Crippen molar-refractivity contribution in [2.75, 3.05) is 0 Å². The smallest absolute Gasteiger partial charge is 0.310 e. The van der Waals surface area contributed by atoms with Gasteiger partial charge in [-0.1, -0.05) is 69.2 Å². The summed E-state index contributed by atoms with van der Waals surface area (Å²) in [7, 11) is 0. The molecule has 0 bridgehead atoms. The van der Waals surface area contributed by atoms with Gasteiger partial charge in [0, 0.05) is 6.42 Å². The minimum atomic E-state index is -0.170. The molecular formula is C20H32O2. The lowest BCUT2D eigenvalue weighted by Crippen LogP contribution is -1.98. The van der Waals surface area contributed by atoms with Gasteiger partial charge in [0.2, 0.25) is 0 Å². The summed E-state index contributed by atoms with van der Waals surface area (Å²) < 4.78 is 4.67. The summed E-state index contributed by atoms with van der Waals surface area (Å²) in [5.41, 5.74) is 0. The first kappa shape index (κ1) is 20.4. The number of carbonyl (C=O) groups is 1. The largest absolute Gasteiger partial charge is 0.435 e. The maximum Gasteiger partial charge on any atom is 0.310 e. The number of carbonyl (C=O) groups excluding carboxylic acids is 1. The van der Waals surface area contributed by atoms with Crippen LogP contribution in [0.2, 0.25) is 0 Å². The van der Waals surface area contributed by atoms with Gasteiger partial charge < -0.3 is 4.74 Å². The minimum absolute atomic E-state index is 0.170. The summed E-state index contributed by atoms with van der Waals surface area (Å²) in [6.07, 6.45) is 25.1. The van der Waals surface area contributed by atoms with Gasteiger partial charge in [0.25, 0.3) is 0 Å². The molecule has 0 aliphatic heterocycles. The highest BCUT2D eigenvalue weighted by Gasteiger charge is 1.99. The molecular weight excluding hydrogens is 272 g/mol. The molecule has 22 heavy (non-hydrogen) atoms. The molecule has 0 aliphatic rings.